The van der Waals surface area contributed by atoms with Crippen LogP contribution in [-0.2, 0) is 14.3 Å². The van der Waals surface area contributed by atoms with Gasteiger partial charge in [-0.15, -0.1) is 0 Å². The fourth-order valence-corrected chi connectivity index (χ4v) is 1.15. The SMILES string of the molecule is [B]c1cccc(C(=O)CC(=O)C(=O)OC)c1. The molecule has 1 aromatic rings. The van der Waals surface area contributed by atoms with Gasteiger partial charge in [0.15, 0.2) is 5.78 Å². The molecular weight excluding hydrogens is 207 g/mol. The fourth-order valence-electron chi connectivity index (χ4n) is 1.15. The van der Waals surface area contributed by atoms with E-state index in [9.17, 15) is 14.4 Å². The van der Waals surface area contributed by atoms with Gasteiger partial charge in [0.2, 0.25) is 5.78 Å². The van der Waals surface area contributed by atoms with Crippen molar-refractivity contribution in [3.8, 4) is 0 Å². The van der Waals surface area contributed by atoms with Crippen molar-refractivity contribution in [2.75, 3.05) is 7.11 Å². The lowest BCUT2D eigenvalue weighted by molar-refractivity contribution is -0.151. The number of Topliss-reactive ketones (excluding diaryl/α,β-unsaturated/α-hetero) is 2. The standard InChI is InChI=1S/C11H9BO4/c1-16-11(15)10(14)6-9(13)7-3-2-4-8(12)5-7/h2-5H,6H2,1H3. The number of methoxy groups -OCH3 is 1. The molecule has 0 aromatic heterocycles. The summed E-state index contributed by atoms with van der Waals surface area (Å²) in [6.45, 7) is 0. The third-order valence-corrected chi connectivity index (χ3v) is 1.94. The van der Waals surface area contributed by atoms with E-state index in [1.165, 1.54) is 12.1 Å². The van der Waals surface area contributed by atoms with E-state index in [2.05, 4.69) is 4.74 Å². The Balaban J connectivity index is 2.73. The molecule has 5 heteroatoms. The van der Waals surface area contributed by atoms with E-state index in [-0.39, 0.29) is 0 Å². The number of benzene rings is 1. The van der Waals surface area contributed by atoms with Crippen molar-refractivity contribution in [1.29, 1.82) is 0 Å². The summed E-state index contributed by atoms with van der Waals surface area (Å²) < 4.78 is 4.21. The van der Waals surface area contributed by atoms with Crippen molar-refractivity contribution in [2.24, 2.45) is 0 Å². The van der Waals surface area contributed by atoms with Gasteiger partial charge in [-0.25, -0.2) is 4.79 Å². The number of ether oxygens (including phenoxy) is 1. The molecule has 0 amide bonds. The van der Waals surface area contributed by atoms with Gasteiger partial charge in [-0.2, -0.15) is 0 Å². The van der Waals surface area contributed by atoms with Gasteiger partial charge >= 0.3 is 5.97 Å². The van der Waals surface area contributed by atoms with Crippen LogP contribution in [0.5, 0.6) is 0 Å². The maximum absolute atomic E-state index is 11.5. The Hall–Kier alpha value is -1.91. The summed E-state index contributed by atoms with van der Waals surface area (Å²) in [7, 11) is 6.57. The molecule has 0 heterocycles. The van der Waals surface area contributed by atoms with Gasteiger partial charge < -0.3 is 4.74 Å². The number of rotatable bonds is 4. The van der Waals surface area contributed by atoms with Gasteiger partial charge in [0.1, 0.15) is 7.85 Å². The average Bonchev–Trinajstić information content (AvgIpc) is 2.27. The highest BCUT2D eigenvalue weighted by Crippen LogP contribution is 2.02. The summed E-state index contributed by atoms with van der Waals surface area (Å²) >= 11 is 0. The number of carbonyl (C=O) groups is 3. The Morgan fingerprint density at radius 3 is 2.56 bits per heavy atom. The van der Waals surface area contributed by atoms with Gasteiger partial charge in [0.05, 0.1) is 13.5 Å². The van der Waals surface area contributed by atoms with E-state index in [4.69, 9.17) is 7.85 Å². The predicted molar refractivity (Wildman–Crippen MR) is 57.8 cm³/mol. The summed E-state index contributed by atoms with van der Waals surface area (Å²) in [6, 6.07) is 6.21. The lowest BCUT2D eigenvalue weighted by Crippen LogP contribution is -2.19. The van der Waals surface area contributed by atoms with Crippen molar-refractivity contribution in [1.82, 2.24) is 0 Å². The Labute approximate surface area is 94.0 Å². The predicted octanol–water partition coefficient (Wildman–Crippen LogP) is -0.205. The van der Waals surface area contributed by atoms with Crippen LogP contribution in [0.3, 0.4) is 0 Å². The molecule has 0 spiro atoms. The van der Waals surface area contributed by atoms with E-state index in [0.29, 0.717) is 11.0 Å². The zero-order valence-corrected chi connectivity index (χ0v) is 8.73. The van der Waals surface area contributed by atoms with E-state index >= 15 is 0 Å². The van der Waals surface area contributed by atoms with Crippen molar-refractivity contribution < 1.29 is 19.1 Å². The summed E-state index contributed by atoms with van der Waals surface area (Å²) in [4.78, 5) is 33.5. The van der Waals surface area contributed by atoms with Crippen LogP contribution in [0.25, 0.3) is 0 Å². The number of hydrogen-bond donors (Lipinski definition) is 0. The van der Waals surface area contributed by atoms with Crippen LogP contribution in [0.2, 0.25) is 0 Å². The molecule has 80 valence electrons. The molecule has 0 aliphatic rings. The van der Waals surface area contributed by atoms with Gasteiger partial charge in [-0.1, -0.05) is 29.7 Å². The molecule has 0 N–H and O–H groups in total. The minimum atomic E-state index is -1.02. The zero-order chi connectivity index (χ0) is 12.1. The second kappa shape index (κ2) is 5.25. The van der Waals surface area contributed by atoms with Gasteiger partial charge in [-0.3, -0.25) is 9.59 Å². The van der Waals surface area contributed by atoms with Crippen molar-refractivity contribution in [2.45, 2.75) is 6.42 Å². The van der Waals surface area contributed by atoms with Crippen LogP contribution in [0.4, 0.5) is 0 Å². The van der Waals surface area contributed by atoms with Gasteiger partial charge in [0, 0.05) is 5.56 Å². The molecule has 0 aliphatic carbocycles. The molecule has 0 saturated heterocycles. The Bertz CT molecular complexity index is 439. The maximum Gasteiger partial charge on any atom is 0.374 e. The number of carbonyl (C=O) groups excluding carboxylic acids is 3. The van der Waals surface area contributed by atoms with E-state index < -0.39 is 24.0 Å². The lowest BCUT2D eigenvalue weighted by Gasteiger charge is -2.01. The van der Waals surface area contributed by atoms with Gasteiger partial charge in [-0.05, 0) is 0 Å². The molecule has 1 rings (SSSR count). The topological polar surface area (TPSA) is 60.4 Å². The zero-order valence-electron chi connectivity index (χ0n) is 8.73. The second-order valence-electron chi connectivity index (χ2n) is 3.14. The first-order valence-corrected chi connectivity index (χ1v) is 4.54. The molecule has 0 aliphatic heterocycles. The molecule has 4 nitrogen and oxygen atoms in total. The van der Waals surface area contributed by atoms with E-state index in [1.807, 2.05) is 0 Å². The van der Waals surface area contributed by atoms with Crippen LogP contribution in [-0.4, -0.2) is 32.5 Å². The number of ketones is 2. The van der Waals surface area contributed by atoms with Crippen molar-refractivity contribution in [3.05, 3.63) is 29.8 Å². The molecule has 16 heavy (non-hydrogen) atoms. The summed E-state index contributed by atoms with van der Waals surface area (Å²) in [5.41, 5.74) is 0.730. The average molecular weight is 216 g/mol. The Morgan fingerprint density at radius 1 is 1.31 bits per heavy atom. The largest absolute Gasteiger partial charge is 0.463 e. The first-order valence-electron chi connectivity index (χ1n) is 4.54. The maximum atomic E-state index is 11.5. The monoisotopic (exact) mass is 216 g/mol. The van der Waals surface area contributed by atoms with Crippen LogP contribution in [0.1, 0.15) is 16.8 Å². The quantitative estimate of drug-likeness (QED) is 0.230. The van der Waals surface area contributed by atoms with Crippen LogP contribution < -0.4 is 5.46 Å². The number of hydrogen-bond acceptors (Lipinski definition) is 4. The third kappa shape index (κ3) is 3.05. The second-order valence-corrected chi connectivity index (χ2v) is 3.14. The molecule has 2 radical (unpaired) electrons. The lowest BCUT2D eigenvalue weighted by atomic mass is 9.92. The minimum absolute atomic E-state index is 0.303. The Morgan fingerprint density at radius 2 is 2.00 bits per heavy atom. The van der Waals surface area contributed by atoms with Crippen LogP contribution >= 0.6 is 0 Å². The molecule has 0 fully saturated rings. The molecule has 0 atom stereocenters. The minimum Gasteiger partial charge on any atom is -0.463 e. The highest BCUT2D eigenvalue weighted by molar-refractivity contribution is 6.38. The third-order valence-electron chi connectivity index (χ3n) is 1.94. The first-order chi connectivity index (χ1) is 7.54. The highest BCUT2D eigenvalue weighted by atomic mass is 16.5. The normalized spacial score (nSPS) is 9.56. The van der Waals surface area contributed by atoms with Crippen molar-refractivity contribution in [3.63, 3.8) is 0 Å². The van der Waals surface area contributed by atoms with Crippen LogP contribution in [0, 0.1) is 0 Å². The van der Waals surface area contributed by atoms with E-state index in [1.54, 1.807) is 12.1 Å². The molecule has 0 saturated carbocycles. The smallest absolute Gasteiger partial charge is 0.374 e. The molecule has 0 unspecified atom stereocenters. The summed E-state index contributed by atoms with van der Waals surface area (Å²) in [5, 5.41) is 0. The fraction of sp³-hybridized carbons (Fsp3) is 0.182. The molecular formula is C11H9BO4. The van der Waals surface area contributed by atoms with Crippen LogP contribution in [0.15, 0.2) is 24.3 Å². The van der Waals surface area contributed by atoms with E-state index in [0.717, 1.165) is 7.11 Å². The summed E-state index contributed by atoms with van der Waals surface area (Å²) in [5.74, 6) is -2.34. The number of esters is 1. The van der Waals surface area contributed by atoms with Gasteiger partial charge in [0.25, 0.3) is 0 Å². The first kappa shape index (κ1) is 12.2. The molecule has 0 bridgehead atoms. The molecule has 1 aromatic carbocycles. The highest BCUT2D eigenvalue weighted by Gasteiger charge is 2.19. The van der Waals surface area contributed by atoms with Crippen molar-refractivity contribution >= 4 is 30.8 Å². The summed E-state index contributed by atoms with van der Waals surface area (Å²) in [6.07, 6.45) is -0.504. The Kier molecular flexibility index (Phi) is 3.99.